The molecule has 3 nitrogen and oxygen atoms in total. The normalized spacial score (nSPS) is 11.2. The van der Waals surface area contributed by atoms with Gasteiger partial charge in [-0.25, -0.2) is 4.98 Å². The number of anilines is 1. The number of carbonyl (C=O) groups is 1. The largest absolute Gasteiger partial charge is 0.390 e. The van der Waals surface area contributed by atoms with Crippen molar-refractivity contribution in [1.29, 1.82) is 0 Å². The summed E-state index contributed by atoms with van der Waals surface area (Å²) in [5.41, 5.74) is 0.396. The van der Waals surface area contributed by atoms with Gasteiger partial charge in [0.1, 0.15) is 5.82 Å². The average Bonchev–Trinajstić information content (AvgIpc) is 2.25. The molecule has 0 bridgehead atoms. The van der Waals surface area contributed by atoms with E-state index >= 15 is 0 Å². The van der Waals surface area contributed by atoms with Crippen LogP contribution < -0.4 is 4.90 Å². The van der Waals surface area contributed by atoms with Crippen molar-refractivity contribution in [2.75, 3.05) is 18.5 Å². The fourth-order valence-corrected chi connectivity index (χ4v) is 1.10. The lowest BCUT2D eigenvalue weighted by Crippen LogP contribution is -2.24. The molecule has 1 aromatic rings. The Hall–Kier alpha value is -1.59. The number of hydrogen-bond acceptors (Lipinski definition) is 3. The third-order valence-corrected chi connectivity index (χ3v) is 2.03. The van der Waals surface area contributed by atoms with Crippen LogP contribution in [0.5, 0.6) is 0 Å². The number of nitrogens with zero attached hydrogens (tertiary/aromatic N) is 2. The van der Waals surface area contributed by atoms with Crippen LogP contribution in [0.3, 0.4) is 0 Å². The molecule has 0 aliphatic rings. The van der Waals surface area contributed by atoms with Crippen molar-refractivity contribution >= 4 is 12.1 Å². The third-order valence-electron chi connectivity index (χ3n) is 2.03. The van der Waals surface area contributed by atoms with Crippen LogP contribution in [-0.2, 0) is 0 Å². The minimum atomic E-state index is -4.17. The smallest absolute Gasteiger partial charge is 0.359 e. The minimum Gasteiger partial charge on any atom is -0.359 e. The van der Waals surface area contributed by atoms with Crippen LogP contribution >= 0.6 is 0 Å². The van der Waals surface area contributed by atoms with Gasteiger partial charge in [0.05, 0.1) is 6.42 Å². The van der Waals surface area contributed by atoms with Crippen molar-refractivity contribution in [3.63, 3.8) is 0 Å². The maximum absolute atomic E-state index is 12.0. The van der Waals surface area contributed by atoms with Gasteiger partial charge in [-0.2, -0.15) is 13.2 Å². The first kappa shape index (κ1) is 12.5. The molecule has 88 valence electrons. The summed E-state index contributed by atoms with van der Waals surface area (Å²) in [6.45, 7) is -0.156. The molecule has 0 atom stereocenters. The van der Waals surface area contributed by atoms with Crippen LogP contribution in [0.4, 0.5) is 19.0 Å². The van der Waals surface area contributed by atoms with Crippen molar-refractivity contribution in [3.05, 3.63) is 23.9 Å². The highest BCUT2D eigenvalue weighted by Gasteiger charge is 2.27. The van der Waals surface area contributed by atoms with Gasteiger partial charge < -0.3 is 4.90 Å². The van der Waals surface area contributed by atoms with E-state index in [0.717, 1.165) is 0 Å². The first-order valence-corrected chi connectivity index (χ1v) is 4.61. The summed E-state index contributed by atoms with van der Waals surface area (Å²) in [6, 6.07) is 3.03. The van der Waals surface area contributed by atoms with Crippen molar-refractivity contribution in [1.82, 2.24) is 4.98 Å². The lowest BCUT2D eigenvalue weighted by atomic mass is 10.3. The van der Waals surface area contributed by atoms with E-state index in [2.05, 4.69) is 4.98 Å². The SMILES string of the molecule is CN(CCC(F)(F)F)c1ccc(C=O)cn1. The maximum atomic E-state index is 12.0. The molecular formula is C10H11F3N2O. The first-order chi connectivity index (χ1) is 7.42. The minimum absolute atomic E-state index is 0.156. The summed E-state index contributed by atoms with van der Waals surface area (Å²) in [6.07, 6.45) is -3.10. The Morgan fingerprint density at radius 1 is 1.44 bits per heavy atom. The molecular weight excluding hydrogens is 221 g/mol. The summed E-state index contributed by atoms with van der Waals surface area (Å²) in [7, 11) is 1.52. The molecule has 0 spiro atoms. The highest BCUT2D eigenvalue weighted by Crippen LogP contribution is 2.20. The van der Waals surface area contributed by atoms with E-state index in [0.29, 0.717) is 17.7 Å². The topological polar surface area (TPSA) is 33.2 Å². The third kappa shape index (κ3) is 3.88. The zero-order valence-corrected chi connectivity index (χ0v) is 8.66. The maximum Gasteiger partial charge on any atom is 0.390 e. The summed E-state index contributed by atoms with van der Waals surface area (Å²) >= 11 is 0. The molecule has 0 aliphatic heterocycles. The van der Waals surface area contributed by atoms with Crippen molar-refractivity contribution in [2.45, 2.75) is 12.6 Å². The van der Waals surface area contributed by atoms with Crippen LogP contribution in [-0.4, -0.2) is 31.0 Å². The summed E-state index contributed by atoms with van der Waals surface area (Å²) in [5, 5.41) is 0. The Kier molecular flexibility index (Phi) is 3.87. The molecule has 0 amide bonds. The van der Waals surface area contributed by atoms with Gasteiger partial charge in [0.2, 0.25) is 0 Å². The zero-order valence-electron chi connectivity index (χ0n) is 8.66. The van der Waals surface area contributed by atoms with Gasteiger partial charge in [0, 0.05) is 25.4 Å². The lowest BCUT2D eigenvalue weighted by molar-refractivity contribution is -0.132. The Morgan fingerprint density at radius 3 is 2.56 bits per heavy atom. The molecule has 0 unspecified atom stereocenters. The van der Waals surface area contributed by atoms with Gasteiger partial charge in [0.25, 0.3) is 0 Å². The van der Waals surface area contributed by atoms with Crippen LogP contribution in [0.1, 0.15) is 16.8 Å². The van der Waals surface area contributed by atoms with Crippen molar-refractivity contribution in [2.24, 2.45) is 0 Å². The predicted octanol–water partition coefficient (Wildman–Crippen LogP) is 2.28. The molecule has 1 aromatic heterocycles. The van der Waals surface area contributed by atoms with Gasteiger partial charge in [-0.15, -0.1) is 0 Å². The van der Waals surface area contributed by atoms with E-state index in [1.807, 2.05) is 0 Å². The molecule has 16 heavy (non-hydrogen) atoms. The second kappa shape index (κ2) is 4.96. The van der Waals surface area contributed by atoms with Crippen molar-refractivity contribution < 1.29 is 18.0 Å². The van der Waals surface area contributed by atoms with Gasteiger partial charge >= 0.3 is 6.18 Å². The molecule has 6 heteroatoms. The monoisotopic (exact) mass is 232 g/mol. The fraction of sp³-hybridized carbons (Fsp3) is 0.400. The van der Waals surface area contributed by atoms with Crippen molar-refractivity contribution in [3.8, 4) is 0 Å². The molecule has 0 saturated heterocycles. The number of pyridine rings is 1. The van der Waals surface area contributed by atoms with E-state index < -0.39 is 12.6 Å². The number of hydrogen-bond donors (Lipinski definition) is 0. The van der Waals surface area contributed by atoms with E-state index in [9.17, 15) is 18.0 Å². The Labute approximate surface area is 90.9 Å². The highest BCUT2D eigenvalue weighted by molar-refractivity contribution is 5.74. The Morgan fingerprint density at radius 2 is 2.12 bits per heavy atom. The summed E-state index contributed by atoms with van der Waals surface area (Å²) in [4.78, 5) is 15.6. The molecule has 0 saturated carbocycles. The second-order valence-corrected chi connectivity index (χ2v) is 3.35. The average molecular weight is 232 g/mol. The van der Waals surface area contributed by atoms with E-state index in [1.54, 1.807) is 0 Å². The standard InChI is InChI=1S/C10H11F3N2O/c1-15(5-4-10(11,12)13)9-3-2-8(7-16)6-14-9/h2-3,6-7H,4-5H2,1H3. The molecule has 0 aliphatic carbocycles. The molecule has 0 aromatic carbocycles. The zero-order chi connectivity index (χ0) is 12.2. The van der Waals surface area contributed by atoms with Crippen LogP contribution in [0.15, 0.2) is 18.3 Å². The molecule has 1 rings (SSSR count). The Bertz CT molecular complexity index is 348. The number of aromatic nitrogens is 1. The van der Waals surface area contributed by atoms with E-state index in [1.165, 1.54) is 30.3 Å². The number of carbonyl (C=O) groups excluding carboxylic acids is 1. The van der Waals surface area contributed by atoms with Crippen LogP contribution in [0.2, 0.25) is 0 Å². The predicted molar refractivity (Wildman–Crippen MR) is 53.6 cm³/mol. The first-order valence-electron chi connectivity index (χ1n) is 4.61. The van der Waals surface area contributed by atoms with Gasteiger partial charge in [-0.1, -0.05) is 0 Å². The number of aldehydes is 1. The number of alkyl halides is 3. The number of rotatable bonds is 4. The molecule has 0 radical (unpaired) electrons. The number of halogens is 3. The second-order valence-electron chi connectivity index (χ2n) is 3.35. The van der Waals surface area contributed by atoms with Crippen LogP contribution in [0, 0.1) is 0 Å². The molecule has 0 fully saturated rings. The van der Waals surface area contributed by atoms with Gasteiger partial charge in [-0.05, 0) is 12.1 Å². The quantitative estimate of drug-likeness (QED) is 0.747. The van der Waals surface area contributed by atoms with Gasteiger partial charge in [-0.3, -0.25) is 4.79 Å². The lowest BCUT2D eigenvalue weighted by Gasteiger charge is -2.18. The fourth-order valence-electron chi connectivity index (χ4n) is 1.10. The van der Waals surface area contributed by atoms with Crippen LogP contribution in [0.25, 0.3) is 0 Å². The molecule has 0 N–H and O–H groups in total. The molecule has 1 heterocycles. The summed E-state index contributed by atoms with van der Waals surface area (Å²) < 4.78 is 35.9. The highest BCUT2D eigenvalue weighted by atomic mass is 19.4. The van der Waals surface area contributed by atoms with E-state index in [-0.39, 0.29) is 6.54 Å². The summed E-state index contributed by atoms with van der Waals surface area (Å²) in [5.74, 6) is 0.412. The van der Waals surface area contributed by atoms with E-state index in [4.69, 9.17) is 0 Å². The van der Waals surface area contributed by atoms with Gasteiger partial charge in [0.15, 0.2) is 6.29 Å². The Balaban J connectivity index is 2.59.